The predicted molar refractivity (Wildman–Crippen MR) is 125 cm³/mol. The van der Waals surface area contributed by atoms with E-state index in [2.05, 4.69) is 15.1 Å². The van der Waals surface area contributed by atoms with Crippen LogP contribution in [0.3, 0.4) is 0 Å². The summed E-state index contributed by atoms with van der Waals surface area (Å²) < 4.78 is 6.45. The van der Waals surface area contributed by atoms with Crippen molar-refractivity contribution in [3.63, 3.8) is 0 Å². The van der Waals surface area contributed by atoms with Gasteiger partial charge in [-0.2, -0.15) is 0 Å². The standard InChI is InChI=1S/C21H22ClN5O4S/c1-31-19-16(22)6-7-17-18(19)24-21(32-17)26-12-10-25(11-13-26)9-8-23-20(28)14-2-4-15(5-3-14)27(29)30/h2-7H,8-13H2,1H3,(H,23,28). The Labute approximate surface area is 193 Å². The molecule has 1 aliphatic rings. The molecule has 1 aliphatic heterocycles. The number of piperazine rings is 1. The minimum absolute atomic E-state index is 0.0333. The third kappa shape index (κ3) is 4.77. The topological polar surface area (TPSA) is 101 Å². The molecule has 2 aromatic carbocycles. The average Bonchev–Trinajstić information content (AvgIpc) is 3.24. The molecular formula is C21H22ClN5O4S. The Kier molecular flexibility index (Phi) is 6.73. The lowest BCUT2D eigenvalue weighted by Gasteiger charge is -2.34. The van der Waals surface area contributed by atoms with E-state index in [-0.39, 0.29) is 11.6 Å². The number of hydrogen-bond donors (Lipinski definition) is 1. The predicted octanol–water partition coefficient (Wildman–Crippen LogP) is 3.42. The van der Waals surface area contributed by atoms with Crippen molar-refractivity contribution in [2.45, 2.75) is 0 Å². The molecule has 0 spiro atoms. The number of nitro benzene ring substituents is 1. The summed E-state index contributed by atoms with van der Waals surface area (Å²) in [6.07, 6.45) is 0. The minimum atomic E-state index is -0.485. The van der Waals surface area contributed by atoms with Crippen molar-refractivity contribution in [3.8, 4) is 5.75 Å². The summed E-state index contributed by atoms with van der Waals surface area (Å²) in [5.41, 5.74) is 1.16. The van der Waals surface area contributed by atoms with Gasteiger partial charge >= 0.3 is 0 Å². The highest BCUT2D eigenvalue weighted by Gasteiger charge is 2.21. The van der Waals surface area contributed by atoms with Crippen LogP contribution in [0.15, 0.2) is 36.4 Å². The van der Waals surface area contributed by atoms with Gasteiger partial charge in [0.05, 0.1) is 21.8 Å². The number of non-ortho nitro benzene ring substituents is 1. The summed E-state index contributed by atoms with van der Waals surface area (Å²) in [5.74, 6) is 0.370. The molecule has 0 aliphatic carbocycles. The van der Waals surface area contributed by atoms with Crippen molar-refractivity contribution in [3.05, 3.63) is 57.1 Å². The first kappa shape index (κ1) is 22.3. The zero-order chi connectivity index (χ0) is 22.7. The van der Waals surface area contributed by atoms with Crippen LogP contribution in [0.2, 0.25) is 5.02 Å². The second-order valence-electron chi connectivity index (χ2n) is 7.31. The first-order valence-electron chi connectivity index (χ1n) is 10.1. The number of anilines is 1. The molecule has 1 N–H and O–H groups in total. The molecule has 2 heterocycles. The van der Waals surface area contributed by atoms with E-state index in [0.717, 1.165) is 48.1 Å². The number of hydrogen-bond acceptors (Lipinski definition) is 8. The van der Waals surface area contributed by atoms with Gasteiger partial charge in [0.1, 0.15) is 5.52 Å². The van der Waals surface area contributed by atoms with Crippen LogP contribution in [-0.2, 0) is 0 Å². The number of nitro groups is 1. The van der Waals surface area contributed by atoms with Gasteiger partial charge in [0, 0.05) is 57.0 Å². The Balaban J connectivity index is 1.27. The number of methoxy groups -OCH3 is 1. The molecule has 1 aromatic heterocycles. The summed E-state index contributed by atoms with van der Waals surface area (Å²) in [4.78, 5) is 31.7. The van der Waals surface area contributed by atoms with Crippen LogP contribution >= 0.6 is 22.9 Å². The molecule has 0 unspecified atom stereocenters. The fourth-order valence-electron chi connectivity index (χ4n) is 3.59. The number of nitrogens with one attached hydrogen (secondary N) is 1. The molecule has 0 atom stereocenters. The van der Waals surface area contributed by atoms with E-state index in [1.54, 1.807) is 18.4 Å². The molecule has 1 fully saturated rings. The van der Waals surface area contributed by atoms with Gasteiger partial charge < -0.3 is 15.0 Å². The first-order valence-corrected chi connectivity index (χ1v) is 11.3. The van der Waals surface area contributed by atoms with E-state index < -0.39 is 4.92 Å². The van der Waals surface area contributed by atoms with E-state index in [0.29, 0.717) is 22.9 Å². The number of amides is 1. The summed E-state index contributed by atoms with van der Waals surface area (Å²) in [6, 6.07) is 9.39. The van der Waals surface area contributed by atoms with E-state index in [9.17, 15) is 14.9 Å². The third-order valence-corrected chi connectivity index (χ3v) is 6.73. The summed E-state index contributed by atoms with van der Waals surface area (Å²) >= 11 is 7.83. The molecule has 0 saturated carbocycles. The van der Waals surface area contributed by atoms with Crippen molar-refractivity contribution >= 4 is 49.9 Å². The zero-order valence-corrected chi connectivity index (χ0v) is 19.0. The normalized spacial score (nSPS) is 14.5. The Morgan fingerprint density at radius 2 is 1.94 bits per heavy atom. The zero-order valence-electron chi connectivity index (χ0n) is 17.4. The van der Waals surface area contributed by atoms with Crippen molar-refractivity contribution < 1.29 is 14.5 Å². The van der Waals surface area contributed by atoms with Crippen LogP contribution in [0.5, 0.6) is 5.75 Å². The van der Waals surface area contributed by atoms with Gasteiger partial charge in [-0.3, -0.25) is 19.8 Å². The molecule has 1 saturated heterocycles. The van der Waals surface area contributed by atoms with Crippen molar-refractivity contribution in [2.75, 3.05) is 51.3 Å². The van der Waals surface area contributed by atoms with Crippen molar-refractivity contribution in [2.24, 2.45) is 0 Å². The lowest BCUT2D eigenvalue weighted by atomic mass is 10.2. The lowest BCUT2D eigenvalue weighted by Crippen LogP contribution is -2.48. The number of carbonyl (C=O) groups excluding carboxylic acids is 1. The fourth-order valence-corrected chi connectivity index (χ4v) is 4.84. The maximum Gasteiger partial charge on any atom is 0.269 e. The molecule has 0 bridgehead atoms. The number of halogens is 1. The number of carbonyl (C=O) groups is 1. The van der Waals surface area contributed by atoms with Crippen LogP contribution in [0.4, 0.5) is 10.8 Å². The maximum atomic E-state index is 12.2. The number of thiazole rings is 1. The van der Waals surface area contributed by atoms with Gasteiger partial charge in [0.2, 0.25) is 0 Å². The second kappa shape index (κ2) is 9.68. The highest BCUT2D eigenvalue weighted by Crippen LogP contribution is 2.38. The number of fused-ring (bicyclic) bond motifs is 1. The van der Waals surface area contributed by atoms with Gasteiger partial charge in [0.25, 0.3) is 11.6 Å². The van der Waals surface area contributed by atoms with E-state index in [1.165, 1.54) is 24.3 Å². The van der Waals surface area contributed by atoms with Gasteiger partial charge in [0.15, 0.2) is 10.9 Å². The number of rotatable bonds is 7. The fraction of sp³-hybridized carbons (Fsp3) is 0.333. The maximum absolute atomic E-state index is 12.2. The first-order chi connectivity index (χ1) is 15.5. The summed E-state index contributed by atoms with van der Waals surface area (Å²) in [5, 5.41) is 15.1. The number of benzene rings is 2. The van der Waals surface area contributed by atoms with E-state index in [4.69, 9.17) is 21.3 Å². The van der Waals surface area contributed by atoms with Crippen LogP contribution in [-0.4, -0.2) is 67.1 Å². The van der Waals surface area contributed by atoms with Crippen LogP contribution in [0.25, 0.3) is 10.2 Å². The largest absolute Gasteiger partial charge is 0.493 e. The van der Waals surface area contributed by atoms with Crippen molar-refractivity contribution in [1.29, 1.82) is 0 Å². The second-order valence-corrected chi connectivity index (χ2v) is 8.73. The highest BCUT2D eigenvalue weighted by atomic mass is 35.5. The smallest absolute Gasteiger partial charge is 0.269 e. The van der Waals surface area contributed by atoms with E-state index >= 15 is 0 Å². The summed E-state index contributed by atoms with van der Waals surface area (Å²) in [7, 11) is 1.60. The number of nitrogens with zero attached hydrogens (tertiary/aromatic N) is 4. The lowest BCUT2D eigenvalue weighted by molar-refractivity contribution is -0.384. The Hall–Kier alpha value is -2.95. The quantitative estimate of drug-likeness (QED) is 0.412. The van der Waals surface area contributed by atoms with Crippen LogP contribution < -0.4 is 15.0 Å². The molecule has 168 valence electrons. The van der Waals surface area contributed by atoms with Gasteiger partial charge in [-0.15, -0.1) is 0 Å². The Bertz CT molecular complexity index is 1130. The molecule has 0 radical (unpaired) electrons. The molecule has 11 heteroatoms. The number of ether oxygens (including phenoxy) is 1. The molecule has 1 amide bonds. The van der Waals surface area contributed by atoms with Crippen molar-refractivity contribution in [1.82, 2.24) is 15.2 Å². The molecular weight excluding hydrogens is 454 g/mol. The highest BCUT2D eigenvalue weighted by molar-refractivity contribution is 7.22. The SMILES string of the molecule is COc1c(Cl)ccc2sc(N3CCN(CCNC(=O)c4ccc([N+](=O)[O-])cc4)CC3)nc12. The number of aromatic nitrogens is 1. The van der Waals surface area contributed by atoms with E-state index in [1.807, 2.05) is 12.1 Å². The van der Waals surface area contributed by atoms with Crippen LogP contribution in [0, 0.1) is 10.1 Å². The van der Waals surface area contributed by atoms with Crippen LogP contribution in [0.1, 0.15) is 10.4 Å². The molecule has 4 rings (SSSR count). The molecule has 3 aromatic rings. The summed E-state index contributed by atoms with van der Waals surface area (Å²) in [6.45, 7) is 4.64. The van der Waals surface area contributed by atoms with Gasteiger partial charge in [-0.1, -0.05) is 22.9 Å². The Morgan fingerprint density at radius 3 is 2.59 bits per heavy atom. The third-order valence-electron chi connectivity index (χ3n) is 5.36. The van der Waals surface area contributed by atoms with Gasteiger partial charge in [-0.05, 0) is 24.3 Å². The monoisotopic (exact) mass is 475 g/mol. The average molecular weight is 476 g/mol. The molecule has 32 heavy (non-hydrogen) atoms. The Morgan fingerprint density at radius 1 is 1.22 bits per heavy atom. The van der Waals surface area contributed by atoms with Gasteiger partial charge in [-0.25, -0.2) is 4.98 Å². The molecule has 9 nitrogen and oxygen atoms in total. The minimum Gasteiger partial charge on any atom is -0.493 e.